The Hall–Kier alpha value is 0.640. The van der Waals surface area contributed by atoms with Crippen molar-refractivity contribution in [3.8, 4) is 0 Å². The first-order chi connectivity index (χ1) is 6.58. The van der Waals surface area contributed by atoms with Crippen LogP contribution in [0.3, 0.4) is 0 Å². The van der Waals surface area contributed by atoms with Crippen LogP contribution >= 0.6 is 58.4 Å². The van der Waals surface area contributed by atoms with Crippen molar-refractivity contribution in [1.82, 2.24) is 0 Å². The van der Waals surface area contributed by atoms with E-state index in [1.807, 2.05) is 13.8 Å². The summed E-state index contributed by atoms with van der Waals surface area (Å²) >= 11 is 11.7. The molecule has 0 N–H and O–H groups in total. The monoisotopic (exact) mass is 280 g/mol. The third kappa shape index (κ3) is 2.09. The molecule has 1 aromatic heterocycles. The van der Waals surface area contributed by atoms with Gasteiger partial charge in [0.2, 0.25) is 0 Å². The molecule has 0 aliphatic carbocycles. The van der Waals surface area contributed by atoms with Crippen molar-refractivity contribution in [2.75, 3.05) is 0 Å². The van der Waals surface area contributed by atoms with Crippen molar-refractivity contribution in [3.63, 3.8) is 0 Å². The van der Waals surface area contributed by atoms with Crippen molar-refractivity contribution in [2.24, 2.45) is 0 Å². The molecule has 6 heteroatoms. The minimum Gasteiger partial charge on any atom is -0.297 e. The molecule has 0 spiro atoms. The van der Waals surface area contributed by atoms with Crippen LogP contribution in [0.5, 0.6) is 0 Å². The maximum Gasteiger partial charge on any atom is 0.158 e. The van der Waals surface area contributed by atoms with Crippen LogP contribution in [0.25, 0.3) is 0 Å². The maximum absolute atomic E-state index is 11.7. The summed E-state index contributed by atoms with van der Waals surface area (Å²) in [6, 6.07) is 0. The fourth-order valence-electron chi connectivity index (χ4n) is 1.17. The minimum absolute atomic E-state index is 0.0685. The number of thioether (sulfide) groups is 2. The fraction of sp³-hybridized carbons (Fsp3) is 0.500. The van der Waals surface area contributed by atoms with Crippen LogP contribution in [-0.4, -0.2) is 16.3 Å². The molecule has 76 valence electrons. The lowest BCUT2D eigenvalue weighted by atomic mass is 10.2. The summed E-state index contributed by atoms with van der Waals surface area (Å²) in [6.45, 7) is 3.96. The number of hydrogen-bond acceptors (Lipinski definition) is 6. The number of Topliss-reactive ketones (excluding diaryl/α,β-unsaturated/α-hetero) is 1. The second kappa shape index (κ2) is 4.25. The second-order valence-electron chi connectivity index (χ2n) is 2.95. The van der Waals surface area contributed by atoms with E-state index in [2.05, 4.69) is 0 Å². The highest BCUT2D eigenvalue weighted by molar-refractivity contribution is 8.07. The molecule has 0 bridgehead atoms. The minimum atomic E-state index is 0.0685. The van der Waals surface area contributed by atoms with Crippen LogP contribution in [0.1, 0.15) is 13.8 Å². The van der Waals surface area contributed by atoms with Crippen LogP contribution in [0.4, 0.5) is 0 Å². The van der Waals surface area contributed by atoms with Crippen LogP contribution in [0.2, 0.25) is 0 Å². The Balaban J connectivity index is 2.42. The average Bonchev–Trinajstić information content (AvgIpc) is 2.40. The van der Waals surface area contributed by atoms with Gasteiger partial charge in [0.1, 0.15) is 3.14 Å². The van der Waals surface area contributed by atoms with Gasteiger partial charge in [-0.05, 0) is 13.8 Å². The summed E-state index contributed by atoms with van der Waals surface area (Å²) in [5.74, 6) is 0.335. The van der Waals surface area contributed by atoms with E-state index < -0.39 is 0 Å². The molecule has 0 aromatic carbocycles. The van der Waals surface area contributed by atoms with Gasteiger partial charge in [0.15, 0.2) is 5.78 Å². The van der Waals surface area contributed by atoms with Gasteiger partial charge in [-0.3, -0.25) is 4.79 Å². The Kier molecular flexibility index (Phi) is 3.38. The molecule has 14 heavy (non-hydrogen) atoms. The molecular weight excluding hydrogens is 272 g/mol. The predicted octanol–water partition coefficient (Wildman–Crippen LogP) is 4.08. The topological polar surface area (TPSA) is 17.1 Å². The first kappa shape index (κ1) is 11.1. The van der Waals surface area contributed by atoms with Crippen molar-refractivity contribution in [1.29, 1.82) is 0 Å². The molecule has 0 saturated heterocycles. The normalized spacial score (nSPS) is 27.1. The van der Waals surface area contributed by atoms with Crippen molar-refractivity contribution in [3.05, 3.63) is 3.14 Å². The zero-order chi connectivity index (χ0) is 10.3. The van der Waals surface area contributed by atoms with Gasteiger partial charge >= 0.3 is 0 Å². The number of ketones is 1. The largest absolute Gasteiger partial charge is 0.297 e. The van der Waals surface area contributed by atoms with Crippen LogP contribution < -0.4 is 0 Å². The van der Waals surface area contributed by atoms with E-state index in [1.54, 1.807) is 46.2 Å². The van der Waals surface area contributed by atoms with Gasteiger partial charge in [-0.1, -0.05) is 12.2 Å². The lowest BCUT2D eigenvalue weighted by Crippen LogP contribution is -2.21. The van der Waals surface area contributed by atoms with Crippen LogP contribution in [-0.2, 0) is 4.79 Å². The van der Waals surface area contributed by atoms with Crippen LogP contribution in [0.15, 0.2) is 8.42 Å². The standard InChI is InChI=1S/C8H8OS5/c1-3-5(9)4(2)12-7-6(11-3)13-8(10)14-7/h3-4H,1-2H3. The molecule has 1 aliphatic heterocycles. The van der Waals surface area contributed by atoms with E-state index in [-0.39, 0.29) is 10.5 Å². The molecular formula is C8H8OS5. The Bertz CT molecular complexity index is 383. The highest BCUT2D eigenvalue weighted by Crippen LogP contribution is 2.47. The summed E-state index contributed by atoms with van der Waals surface area (Å²) < 4.78 is 3.43. The van der Waals surface area contributed by atoms with Crippen molar-refractivity contribution >= 4 is 64.2 Å². The highest BCUT2D eigenvalue weighted by atomic mass is 32.2. The zero-order valence-corrected chi connectivity index (χ0v) is 11.7. The third-order valence-corrected chi connectivity index (χ3v) is 7.60. The quantitative estimate of drug-likeness (QED) is 0.666. The predicted molar refractivity (Wildman–Crippen MR) is 68.7 cm³/mol. The van der Waals surface area contributed by atoms with E-state index in [9.17, 15) is 4.79 Å². The number of rotatable bonds is 0. The van der Waals surface area contributed by atoms with Gasteiger partial charge in [0.05, 0.1) is 18.9 Å². The van der Waals surface area contributed by atoms with Gasteiger partial charge in [0.25, 0.3) is 0 Å². The van der Waals surface area contributed by atoms with Crippen LogP contribution in [0, 0.1) is 3.14 Å². The van der Waals surface area contributed by atoms with E-state index in [0.717, 1.165) is 3.14 Å². The van der Waals surface area contributed by atoms with E-state index in [4.69, 9.17) is 12.2 Å². The number of fused-ring (bicyclic) bond motifs is 1. The molecule has 1 nitrogen and oxygen atoms in total. The van der Waals surface area contributed by atoms with E-state index in [0.29, 0.717) is 5.78 Å². The lowest BCUT2D eigenvalue weighted by molar-refractivity contribution is -0.117. The maximum atomic E-state index is 11.7. The molecule has 0 radical (unpaired) electrons. The SMILES string of the molecule is CC1Sc2sc(=S)sc2SC(C)C1=O. The fourth-order valence-corrected chi connectivity index (χ4v) is 7.83. The van der Waals surface area contributed by atoms with Gasteiger partial charge in [-0.2, -0.15) is 0 Å². The zero-order valence-electron chi connectivity index (χ0n) is 7.60. The van der Waals surface area contributed by atoms with E-state index >= 15 is 0 Å². The molecule has 2 rings (SSSR count). The first-order valence-electron chi connectivity index (χ1n) is 4.09. The Morgan fingerprint density at radius 3 is 1.93 bits per heavy atom. The first-order valence-corrected chi connectivity index (χ1v) is 7.89. The summed E-state index contributed by atoms with van der Waals surface area (Å²) in [7, 11) is 0. The lowest BCUT2D eigenvalue weighted by Gasteiger charge is -2.08. The third-order valence-electron chi connectivity index (χ3n) is 1.89. The molecule has 2 unspecified atom stereocenters. The summed E-state index contributed by atoms with van der Waals surface area (Å²) in [5.41, 5.74) is 0. The van der Waals surface area contributed by atoms with Gasteiger partial charge in [-0.25, -0.2) is 0 Å². The number of carbonyl (C=O) groups excluding carboxylic acids is 1. The smallest absolute Gasteiger partial charge is 0.158 e. The number of carbonyl (C=O) groups is 1. The van der Waals surface area contributed by atoms with Gasteiger partial charge in [-0.15, -0.1) is 46.2 Å². The highest BCUT2D eigenvalue weighted by Gasteiger charge is 2.28. The summed E-state index contributed by atoms with van der Waals surface area (Å²) in [6.07, 6.45) is 0. The van der Waals surface area contributed by atoms with Gasteiger partial charge in [0, 0.05) is 0 Å². The molecule has 0 amide bonds. The molecule has 2 atom stereocenters. The molecule has 0 fully saturated rings. The Labute approximate surface area is 104 Å². The molecule has 0 saturated carbocycles. The van der Waals surface area contributed by atoms with E-state index in [1.165, 1.54) is 8.42 Å². The van der Waals surface area contributed by atoms with Crippen molar-refractivity contribution in [2.45, 2.75) is 32.8 Å². The second-order valence-corrected chi connectivity index (χ2v) is 9.40. The average molecular weight is 280 g/mol. The summed E-state index contributed by atoms with van der Waals surface area (Å²) in [4.78, 5) is 11.7. The Morgan fingerprint density at radius 1 is 1.07 bits per heavy atom. The summed E-state index contributed by atoms with van der Waals surface area (Å²) in [5, 5.41) is 0.137. The number of hydrogen-bond donors (Lipinski definition) is 0. The Morgan fingerprint density at radius 2 is 1.50 bits per heavy atom. The molecule has 1 aromatic rings. The molecule has 1 aliphatic rings. The molecule has 2 heterocycles. The van der Waals surface area contributed by atoms with Gasteiger partial charge < -0.3 is 0 Å². The van der Waals surface area contributed by atoms with Crippen molar-refractivity contribution < 1.29 is 4.79 Å².